The second-order valence-corrected chi connectivity index (χ2v) is 8.07. The number of likely N-dealkylation sites (N-methyl/N-ethyl adjacent to an activating group) is 1. The van der Waals surface area contributed by atoms with E-state index in [4.69, 9.17) is 20.2 Å². The lowest BCUT2D eigenvalue weighted by Gasteiger charge is -2.27. The second-order valence-electron chi connectivity index (χ2n) is 8.07. The zero-order valence-electron chi connectivity index (χ0n) is 18.3. The van der Waals surface area contributed by atoms with Gasteiger partial charge >= 0.3 is 0 Å². The van der Waals surface area contributed by atoms with E-state index < -0.39 is 5.54 Å². The lowest BCUT2D eigenvalue weighted by Crippen LogP contribution is -2.41. The van der Waals surface area contributed by atoms with Crippen molar-refractivity contribution in [2.24, 2.45) is 10.7 Å². The maximum absolute atomic E-state index is 13.6. The molecule has 0 fully saturated rings. The highest BCUT2D eigenvalue weighted by molar-refractivity contribution is 6.09. The van der Waals surface area contributed by atoms with E-state index in [2.05, 4.69) is 6.07 Å². The minimum Gasteiger partial charge on any atom is -0.497 e. The Kier molecular flexibility index (Phi) is 4.79. The number of nitrogens with zero attached hydrogens (tertiary/aromatic N) is 3. The van der Waals surface area contributed by atoms with Crippen molar-refractivity contribution in [1.82, 2.24) is 4.90 Å². The number of nitriles is 1. The van der Waals surface area contributed by atoms with E-state index in [1.807, 2.05) is 48.5 Å². The fourth-order valence-electron chi connectivity index (χ4n) is 4.49. The van der Waals surface area contributed by atoms with Gasteiger partial charge in [0.05, 0.1) is 25.3 Å². The maximum atomic E-state index is 13.6. The van der Waals surface area contributed by atoms with Crippen LogP contribution in [0.25, 0.3) is 11.1 Å². The Hall–Kier alpha value is -4.31. The van der Waals surface area contributed by atoms with Gasteiger partial charge in [-0.3, -0.25) is 9.69 Å². The van der Waals surface area contributed by atoms with E-state index in [9.17, 15) is 10.1 Å². The maximum Gasteiger partial charge on any atom is 0.266 e. The molecular formula is C26H22N4O3. The average Bonchev–Trinajstić information content (AvgIpc) is 3.42. The summed E-state index contributed by atoms with van der Waals surface area (Å²) in [6.45, 7) is 0.618. The number of methoxy groups -OCH3 is 1. The summed E-state index contributed by atoms with van der Waals surface area (Å²) >= 11 is 0. The topological polar surface area (TPSA) is 101 Å². The Morgan fingerprint density at radius 1 is 1.15 bits per heavy atom. The van der Waals surface area contributed by atoms with Gasteiger partial charge in [0.2, 0.25) is 0 Å². The van der Waals surface area contributed by atoms with Crippen molar-refractivity contribution in [1.29, 1.82) is 5.26 Å². The predicted molar refractivity (Wildman–Crippen MR) is 124 cm³/mol. The summed E-state index contributed by atoms with van der Waals surface area (Å²) < 4.78 is 11.0. The van der Waals surface area contributed by atoms with E-state index in [0.29, 0.717) is 29.0 Å². The van der Waals surface area contributed by atoms with Gasteiger partial charge in [0.15, 0.2) is 11.5 Å². The molecule has 2 aliphatic rings. The molecule has 2 N–H and O–H groups in total. The number of benzene rings is 3. The van der Waals surface area contributed by atoms with Gasteiger partial charge in [-0.25, -0.2) is 4.99 Å². The predicted octanol–water partition coefficient (Wildman–Crippen LogP) is 3.20. The number of ether oxygens (including phenoxy) is 2. The zero-order valence-corrected chi connectivity index (χ0v) is 18.3. The molecule has 3 aromatic rings. The summed E-state index contributed by atoms with van der Waals surface area (Å²) in [5, 5.41) is 9.65. The van der Waals surface area contributed by atoms with E-state index >= 15 is 0 Å². The number of hydrogen-bond donors (Lipinski definition) is 1. The number of carbonyl (C=O) groups excluding carboxylic acids is 1. The molecule has 2 heterocycles. The number of hydrogen-bond acceptors (Lipinski definition) is 6. The van der Waals surface area contributed by atoms with Gasteiger partial charge in [0, 0.05) is 19.0 Å². The Morgan fingerprint density at radius 3 is 2.70 bits per heavy atom. The minimum absolute atomic E-state index is 0.154. The van der Waals surface area contributed by atoms with Gasteiger partial charge in [-0.05, 0) is 58.7 Å². The highest BCUT2D eigenvalue weighted by Gasteiger charge is 2.49. The lowest BCUT2D eigenvalue weighted by atomic mass is 9.80. The fraction of sp³-hybridized carbons (Fsp3) is 0.192. The molecule has 0 aromatic heterocycles. The Bertz CT molecular complexity index is 1360. The molecule has 0 bridgehead atoms. The van der Waals surface area contributed by atoms with Crippen LogP contribution in [0.1, 0.15) is 22.3 Å². The smallest absolute Gasteiger partial charge is 0.266 e. The molecule has 164 valence electrons. The van der Waals surface area contributed by atoms with Crippen LogP contribution in [-0.4, -0.2) is 37.5 Å². The van der Waals surface area contributed by atoms with Crippen molar-refractivity contribution >= 4 is 11.9 Å². The van der Waals surface area contributed by atoms with E-state index in [0.717, 1.165) is 28.9 Å². The van der Waals surface area contributed by atoms with Crippen LogP contribution in [0.3, 0.4) is 0 Å². The first kappa shape index (κ1) is 20.6. The van der Waals surface area contributed by atoms with Crippen LogP contribution in [0.5, 0.6) is 11.5 Å². The largest absolute Gasteiger partial charge is 0.497 e. The number of nitrogens with two attached hydrogens (primary N) is 1. The van der Waals surface area contributed by atoms with Gasteiger partial charge < -0.3 is 15.2 Å². The minimum atomic E-state index is -1.32. The van der Waals surface area contributed by atoms with Gasteiger partial charge in [-0.15, -0.1) is 0 Å². The molecule has 0 spiro atoms. The Labute approximate surface area is 191 Å². The summed E-state index contributed by atoms with van der Waals surface area (Å²) in [5.74, 6) is 1.39. The van der Waals surface area contributed by atoms with Crippen LogP contribution in [0.2, 0.25) is 0 Å². The molecule has 1 amide bonds. The lowest BCUT2D eigenvalue weighted by molar-refractivity contribution is -0.129. The molecule has 1 unspecified atom stereocenters. The molecule has 0 aliphatic carbocycles. The first-order valence-corrected chi connectivity index (χ1v) is 10.6. The summed E-state index contributed by atoms with van der Waals surface area (Å²) in [6.07, 6.45) is 0.776. The van der Waals surface area contributed by atoms with Crippen molar-refractivity contribution in [3.05, 3.63) is 82.9 Å². The molecule has 33 heavy (non-hydrogen) atoms. The second kappa shape index (κ2) is 7.68. The average molecular weight is 438 g/mol. The summed E-state index contributed by atoms with van der Waals surface area (Å²) in [4.78, 5) is 19.7. The SMILES string of the molecule is COc1ccc(C#N)c(-c2cccc(C3(c4ccc5c(c4)CCO5)N=C(N)N(C)C3=O)c2)c1. The van der Waals surface area contributed by atoms with Gasteiger partial charge in [-0.2, -0.15) is 5.26 Å². The third-order valence-electron chi connectivity index (χ3n) is 6.29. The third kappa shape index (κ3) is 3.11. The summed E-state index contributed by atoms with van der Waals surface area (Å²) in [5.41, 5.74) is 9.26. The van der Waals surface area contributed by atoms with Crippen LogP contribution in [0.15, 0.2) is 65.7 Å². The molecule has 0 saturated carbocycles. The van der Waals surface area contributed by atoms with Crippen LogP contribution in [0, 0.1) is 11.3 Å². The molecular weight excluding hydrogens is 416 g/mol. The first-order valence-electron chi connectivity index (χ1n) is 10.6. The van der Waals surface area contributed by atoms with Crippen molar-refractivity contribution in [2.75, 3.05) is 20.8 Å². The number of fused-ring (bicyclic) bond motifs is 1. The Balaban J connectivity index is 1.72. The molecule has 7 nitrogen and oxygen atoms in total. The normalized spacial score (nSPS) is 19.0. The quantitative estimate of drug-likeness (QED) is 0.674. The Morgan fingerprint density at radius 2 is 1.97 bits per heavy atom. The summed E-state index contributed by atoms with van der Waals surface area (Å²) in [7, 11) is 3.21. The van der Waals surface area contributed by atoms with Crippen molar-refractivity contribution in [2.45, 2.75) is 12.0 Å². The zero-order chi connectivity index (χ0) is 23.2. The monoisotopic (exact) mass is 438 g/mol. The van der Waals surface area contributed by atoms with Gasteiger partial charge in [0.1, 0.15) is 11.5 Å². The summed E-state index contributed by atoms with van der Waals surface area (Å²) in [6, 6.07) is 20.8. The highest BCUT2D eigenvalue weighted by Crippen LogP contribution is 2.42. The molecule has 2 aliphatic heterocycles. The van der Waals surface area contributed by atoms with E-state index in [1.165, 1.54) is 4.90 Å². The highest BCUT2D eigenvalue weighted by atomic mass is 16.5. The number of amides is 1. The molecule has 0 saturated heterocycles. The van der Waals surface area contributed by atoms with Gasteiger partial charge in [0.25, 0.3) is 5.91 Å². The molecule has 5 rings (SSSR count). The molecule has 1 atom stereocenters. The van der Waals surface area contributed by atoms with E-state index in [-0.39, 0.29) is 11.9 Å². The van der Waals surface area contributed by atoms with Crippen molar-refractivity contribution in [3.8, 4) is 28.7 Å². The van der Waals surface area contributed by atoms with Gasteiger partial charge in [-0.1, -0.05) is 24.3 Å². The number of aliphatic imine (C=N–C) groups is 1. The standard InChI is InChI=1S/C26H22N4O3/c1-30-24(31)26(29-25(30)28,20-7-9-23-17(13-20)10-11-33-23)19-5-3-4-16(12-19)22-14-21(32-2)8-6-18(22)15-27/h3-9,12-14H,10-11H2,1-2H3,(H2,28,29). The van der Waals surface area contributed by atoms with Crippen LogP contribution < -0.4 is 15.2 Å². The number of rotatable bonds is 4. The fourth-order valence-corrected chi connectivity index (χ4v) is 4.49. The van der Waals surface area contributed by atoms with E-state index in [1.54, 1.807) is 26.3 Å². The first-order chi connectivity index (χ1) is 16.0. The molecule has 3 aromatic carbocycles. The third-order valence-corrected chi connectivity index (χ3v) is 6.29. The number of guanidine groups is 1. The number of carbonyl (C=O) groups is 1. The van der Waals surface area contributed by atoms with Crippen molar-refractivity contribution < 1.29 is 14.3 Å². The molecule has 0 radical (unpaired) electrons. The van der Waals surface area contributed by atoms with Crippen LogP contribution >= 0.6 is 0 Å². The van der Waals surface area contributed by atoms with Crippen LogP contribution in [-0.2, 0) is 16.8 Å². The van der Waals surface area contributed by atoms with Crippen molar-refractivity contribution in [3.63, 3.8) is 0 Å². The molecule has 7 heteroatoms. The van der Waals surface area contributed by atoms with Crippen LogP contribution in [0.4, 0.5) is 0 Å².